The molecule has 0 fully saturated rings. The lowest BCUT2D eigenvalue weighted by Gasteiger charge is -2.11. The average molecular weight is 255 g/mol. The molecule has 0 unspecified atom stereocenters. The van der Waals surface area contributed by atoms with Crippen LogP contribution in [0.5, 0.6) is 11.5 Å². The zero-order valence-electron chi connectivity index (χ0n) is 10.8. The summed E-state index contributed by atoms with van der Waals surface area (Å²) in [7, 11) is 3.35. The molecule has 0 aliphatic rings. The minimum atomic E-state index is 0.826. The molecule has 0 amide bonds. The van der Waals surface area contributed by atoms with E-state index in [1.54, 1.807) is 14.2 Å². The van der Waals surface area contributed by atoms with Crippen molar-refractivity contribution in [2.24, 2.45) is 0 Å². The van der Waals surface area contributed by atoms with Gasteiger partial charge in [-0.1, -0.05) is 13.0 Å². The van der Waals surface area contributed by atoms with Crippen LogP contribution >= 0.6 is 11.8 Å². The second-order valence-corrected chi connectivity index (χ2v) is 4.95. The van der Waals surface area contributed by atoms with Crippen molar-refractivity contribution < 1.29 is 9.47 Å². The maximum absolute atomic E-state index is 5.34. The van der Waals surface area contributed by atoms with E-state index in [0.717, 1.165) is 35.9 Å². The van der Waals surface area contributed by atoms with E-state index < -0.39 is 0 Å². The summed E-state index contributed by atoms with van der Waals surface area (Å²) in [6, 6.07) is 5.91. The summed E-state index contributed by atoms with van der Waals surface area (Å²) in [5, 5.41) is 3.41. The van der Waals surface area contributed by atoms with Crippen LogP contribution in [0.3, 0.4) is 0 Å². The van der Waals surface area contributed by atoms with Gasteiger partial charge in [0, 0.05) is 30.5 Å². The Morgan fingerprint density at radius 1 is 1.24 bits per heavy atom. The molecule has 3 nitrogen and oxygen atoms in total. The summed E-state index contributed by atoms with van der Waals surface area (Å²) in [6.45, 7) is 4.03. The van der Waals surface area contributed by atoms with Gasteiger partial charge in [-0.05, 0) is 11.8 Å². The fourth-order valence-corrected chi connectivity index (χ4v) is 2.09. The van der Waals surface area contributed by atoms with E-state index in [0.29, 0.717) is 0 Å². The van der Waals surface area contributed by atoms with Gasteiger partial charge in [0.1, 0.15) is 11.5 Å². The monoisotopic (exact) mass is 255 g/mol. The van der Waals surface area contributed by atoms with Crippen LogP contribution in [-0.2, 0) is 6.54 Å². The Kier molecular flexibility index (Phi) is 6.89. The molecule has 0 atom stereocenters. The highest BCUT2D eigenvalue weighted by atomic mass is 32.2. The fourth-order valence-electron chi connectivity index (χ4n) is 1.51. The van der Waals surface area contributed by atoms with Gasteiger partial charge in [0.15, 0.2) is 0 Å². The Hall–Kier alpha value is -0.870. The predicted molar refractivity (Wildman–Crippen MR) is 74.3 cm³/mol. The normalized spacial score (nSPS) is 10.3. The fraction of sp³-hybridized carbons (Fsp3) is 0.538. The number of hydrogen-bond acceptors (Lipinski definition) is 4. The zero-order valence-corrected chi connectivity index (χ0v) is 11.6. The molecule has 0 aromatic heterocycles. The predicted octanol–water partition coefficient (Wildman–Crippen LogP) is 2.55. The highest BCUT2D eigenvalue weighted by Gasteiger charge is 2.04. The van der Waals surface area contributed by atoms with Crippen LogP contribution in [0.4, 0.5) is 0 Å². The minimum Gasteiger partial charge on any atom is -0.497 e. The molecule has 1 aromatic carbocycles. The van der Waals surface area contributed by atoms with Crippen molar-refractivity contribution in [2.45, 2.75) is 13.5 Å². The summed E-state index contributed by atoms with van der Waals surface area (Å²) in [5.74, 6) is 4.02. The van der Waals surface area contributed by atoms with E-state index in [1.165, 1.54) is 5.75 Å². The van der Waals surface area contributed by atoms with Crippen molar-refractivity contribution in [3.63, 3.8) is 0 Å². The van der Waals surface area contributed by atoms with Gasteiger partial charge >= 0.3 is 0 Å². The second-order valence-electron chi connectivity index (χ2n) is 3.55. The van der Waals surface area contributed by atoms with Crippen molar-refractivity contribution in [3.8, 4) is 11.5 Å². The minimum absolute atomic E-state index is 0.826. The summed E-state index contributed by atoms with van der Waals surface area (Å²) >= 11 is 1.95. The molecule has 0 heterocycles. The Morgan fingerprint density at radius 3 is 2.71 bits per heavy atom. The smallest absolute Gasteiger partial charge is 0.127 e. The first-order chi connectivity index (χ1) is 8.31. The van der Waals surface area contributed by atoms with Gasteiger partial charge in [0.05, 0.1) is 14.2 Å². The molecule has 0 aliphatic heterocycles. The van der Waals surface area contributed by atoms with Gasteiger partial charge in [-0.3, -0.25) is 0 Å². The van der Waals surface area contributed by atoms with Crippen LogP contribution in [0.2, 0.25) is 0 Å². The molecule has 1 aromatic rings. The van der Waals surface area contributed by atoms with Crippen molar-refractivity contribution in [1.29, 1.82) is 0 Å². The maximum Gasteiger partial charge on any atom is 0.127 e. The largest absolute Gasteiger partial charge is 0.497 e. The van der Waals surface area contributed by atoms with Crippen LogP contribution in [0.25, 0.3) is 0 Å². The number of ether oxygens (including phenoxy) is 2. The first kappa shape index (κ1) is 14.2. The third-order valence-corrected chi connectivity index (χ3v) is 3.34. The van der Waals surface area contributed by atoms with Crippen molar-refractivity contribution in [2.75, 3.05) is 32.3 Å². The molecule has 4 heteroatoms. The SMILES string of the molecule is CCSCCNCc1ccc(OC)cc1OC. The molecule has 0 saturated heterocycles. The first-order valence-corrected chi connectivity index (χ1v) is 6.96. The Bertz CT molecular complexity index is 331. The number of methoxy groups -OCH3 is 2. The van der Waals surface area contributed by atoms with Crippen molar-refractivity contribution in [3.05, 3.63) is 23.8 Å². The highest BCUT2D eigenvalue weighted by Crippen LogP contribution is 2.24. The van der Waals surface area contributed by atoms with E-state index in [2.05, 4.69) is 12.2 Å². The van der Waals surface area contributed by atoms with Gasteiger partial charge in [0.25, 0.3) is 0 Å². The van der Waals surface area contributed by atoms with E-state index in [4.69, 9.17) is 9.47 Å². The Labute approximate surface area is 108 Å². The molecule has 0 radical (unpaired) electrons. The van der Waals surface area contributed by atoms with Gasteiger partial charge in [0.2, 0.25) is 0 Å². The third kappa shape index (κ3) is 4.88. The number of rotatable bonds is 8. The standard InChI is InChI=1S/C13H21NO2S/c1-4-17-8-7-14-10-11-5-6-12(15-2)9-13(11)16-3/h5-6,9,14H,4,7-8,10H2,1-3H3. The summed E-state index contributed by atoms with van der Waals surface area (Å²) in [4.78, 5) is 0. The maximum atomic E-state index is 5.34. The topological polar surface area (TPSA) is 30.5 Å². The zero-order chi connectivity index (χ0) is 12.5. The number of benzene rings is 1. The van der Waals surface area contributed by atoms with Crippen molar-refractivity contribution >= 4 is 11.8 Å². The molecule has 96 valence electrons. The lowest BCUT2D eigenvalue weighted by Crippen LogP contribution is -2.17. The molecule has 0 aliphatic carbocycles. The molecule has 17 heavy (non-hydrogen) atoms. The van der Waals surface area contributed by atoms with Gasteiger partial charge in [-0.15, -0.1) is 0 Å². The third-order valence-electron chi connectivity index (χ3n) is 2.44. The number of hydrogen-bond donors (Lipinski definition) is 1. The summed E-state index contributed by atoms with van der Waals surface area (Å²) in [5.41, 5.74) is 1.16. The van der Waals surface area contributed by atoms with Crippen LogP contribution in [-0.4, -0.2) is 32.3 Å². The van der Waals surface area contributed by atoms with E-state index in [9.17, 15) is 0 Å². The average Bonchev–Trinajstić information content (AvgIpc) is 2.38. The van der Waals surface area contributed by atoms with Gasteiger partial charge in [-0.2, -0.15) is 11.8 Å². The molecular formula is C13H21NO2S. The number of thioether (sulfide) groups is 1. The van der Waals surface area contributed by atoms with E-state index >= 15 is 0 Å². The molecule has 0 bridgehead atoms. The number of nitrogens with one attached hydrogen (secondary N) is 1. The quantitative estimate of drug-likeness (QED) is 0.723. The van der Waals surface area contributed by atoms with Gasteiger partial charge < -0.3 is 14.8 Å². The lowest BCUT2D eigenvalue weighted by atomic mass is 10.2. The summed E-state index contributed by atoms with van der Waals surface area (Å²) < 4.78 is 10.5. The molecule has 0 spiro atoms. The van der Waals surface area contributed by atoms with Gasteiger partial charge in [-0.25, -0.2) is 0 Å². The first-order valence-electron chi connectivity index (χ1n) is 5.81. The summed E-state index contributed by atoms with van der Waals surface area (Å²) in [6.07, 6.45) is 0. The second kappa shape index (κ2) is 8.25. The Balaban J connectivity index is 2.46. The van der Waals surface area contributed by atoms with Crippen molar-refractivity contribution in [1.82, 2.24) is 5.32 Å². The molecular weight excluding hydrogens is 234 g/mol. The molecule has 1 N–H and O–H groups in total. The molecule has 1 rings (SSSR count). The Morgan fingerprint density at radius 2 is 2.06 bits per heavy atom. The molecule has 0 saturated carbocycles. The lowest BCUT2D eigenvalue weighted by molar-refractivity contribution is 0.390. The van der Waals surface area contributed by atoms with E-state index in [1.807, 2.05) is 30.0 Å². The van der Waals surface area contributed by atoms with Crippen LogP contribution in [0.1, 0.15) is 12.5 Å². The van der Waals surface area contributed by atoms with Crippen LogP contribution in [0.15, 0.2) is 18.2 Å². The van der Waals surface area contributed by atoms with Crippen LogP contribution in [0, 0.1) is 0 Å². The highest BCUT2D eigenvalue weighted by molar-refractivity contribution is 7.99. The van der Waals surface area contributed by atoms with E-state index in [-0.39, 0.29) is 0 Å². The van der Waals surface area contributed by atoms with Crippen LogP contribution < -0.4 is 14.8 Å².